The molecule has 0 bridgehead atoms. The van der Waals surface area contributed by atoms with Gasteiger partial charge in [-0.2, -0.15) is 5.10 Å². The number of hydrogen-bond donors (Lipinski definition) is 2. The fraction of sp³-hybridized carbons (Fsp3) is 0.0556. The van der Waals surface area contributed by atoms with E-state index in [4.69, 9.17) is 5.10 Å². The molecule has 4 heteroatoms. The highest BCUT2D eigenvalue weighted by molar-refractivity contribution is 5.93. The maximum Gasteiger partial charge on any atom is 0.117 e. The Morgan fingerprint density at radius 3 is 2.45 bits per heavy atom. The van der Waals surface area contributed by atoms with Gasteiger partial charge in [-0.15, -0.1) is 0 Å². The fourth-order valence-electron chi connectivity index (χ4n) is 2.70. The van der Waals surface area contributed by atoms with E-state index < -0.39 is 0 Å². The van der Waals surface area contributed by atoms with Crippen LogP contribution in [0.25, 0.3) is 28.0 Å². The Hall–Kier alpha value is -2.85. The van der Waals surface area contributed by atoms with Crippen LogP contribution in [0.5, 0.6) is 0 Å². The third kappa shape index (κ3) is 2.01. The third-order valence-electron chi connectivity index (χ3n) is 3.76. The van der Waals surface area contributed by atoms with Crippen LogP contribution in [0.15, 0.2) is 66.7 Å². The predicted molar refractivity (Wildman–Crippen MR) is 86.8 cm³/mol. The minimum Gasteiger partial charge on any atom is -0.390 e. The molecule has 0 aliphatic heterocycles. The Morgan fingerprint density at radius 1 is 0.909 bits per heavy atom. The zero-order chi connectivity index (χ0) is 14.9. The standard InChI is InChI=1S/C18H15N3O/c22-12-13-10-11-16(19-13)18-15-8-4-5-9-17(15)21(20-18)14-6-2-1-3-7-14/h1-11,19,22H,12H2. The number of para-hydroxylation sites is 2. The summed E-state index contributed by atoms with van der Waals surface area (Å²) in [5.41, 5.74) is 4.67. The second kappa shape index (κ2) is 5.16. The summed E-state index contributed by atoms with van der Waals surface area (Å²) in [6.45, 7) is -0.00265. The van der Waals surface area contributed by atoms with Gasteiger partial charge in [0.25, 0.3) is 0 Å². The summed E-state index contributed by atoms with van der Waals surface area (Å²) >= 11 is 0. The van der Waals surface area contributed by atoms with E-state index in [2.05, 4.69) is 17.1 Å². The molecule has 0 saturated carbocycles. The van der Waals surface area contributed by atoms with Gasteiger partial charge in [-0.1, -0.05) is 36.4 Å². The molecule has 0 atom stereocenters. The summed E-state index contributed by atoms with van der Waals surface area (Å²) in [7, 11) is 0. The Balaban J connectivity index is 1.97. The molecule has 0 aliphatic rings. The van der Waals surface area contributed by atoms with Crippen LogP contribution in [-0.4, -0.2) is 19.9 Å². The van der Waals surface area contributed by atoms with E-state index in [1.807, 2.05) is 59.3 Å². The molecule has 0 aliphatic carbocycles. The molecule has 0 fully saturated rings. The number of aliphatic hydroxyl groups is 1. The number of rotatable bonds is 3. The Morgan fingerprint density at radius 2 is 1.68 bits per heavy atom. The lowest BCUT2D eigenvalue weighted by Gasteiger charge is -2.02. The normalized spacial score (nSPS) is 11.1. The van der Waals surface area contributed by atoms with E-state index >= 15 is 0 Å². The lowest BCUT2D eigenvalue weighted by atomic mass is 10.2. The monoisotopic (exact) mass is 289 g/mol. The predicted octanol–water partition coefficient (Wildman–Crippen LogP) is 3.51. The first-order valence-corrected chi connectivity index (χ1v) is 7.19. The zero-order valence-electron chi connectivity index (χ0n) is 11.9. The van der Waals surface area contributed by atoms with Gasteiger partial charge in [-0.25, -0.2) is 4.68 Å². The van der Waals surface area contributed by atoms with Crippen molar-refractivity contribution in [3.8, 4) is 17.1 Å². The van der Waals surface area contributed by atoms with Crippen molar-refractivity contribution in [3.63, 3.8) is 0 Å². The van der Waals surface area contributed by atoms with Gasteiger partial charge in [0.2, 0.25) is 0 Å². The smallest absolute Gasteiger partial charge is 0.117 e. The summed E-state index contributed by atoms with van der Waals surface area (Å²) in [6, 6.07) is 22.1. The lowest BCUT2D eigenvalue weighted by Crippen LogP contribution is -1.95. The highest BCUT2D eigenvalue weighted by Crippen LogP contribution is 2.29. The third-order valence-corrected chi connectivity index (χ3v) is 3.76. The number of aliphatic hydroxyl groups excluding tert-OH is 1. The van der Waals surface area contributed by atoms with Crippen LogP contribution in [0.2, 0.25) is 0 Å². The number of fused-ring (bicyclic) bond motifs is 1. The number of nitrogens with one attached hydrogen (secondary N) is 1. The highest BCUT2D eigenvalue weighted by atomic mass is 16.3. The summed E-state index contributed by atoms with van der Waals surface area (Å²) < 4.78 is 1.95. The maximum atomic E-state index is 9.24. The largest absolute Gasteiger partial charge is 0.390 e. The Kier molecular flexibility index (Phi) is 3.02. The summed E-state index contributed by atoms with van der Waals surface area (Å²) in [5, 5.41) is 15.1. The van der Waals surface area contributed by atoms with Crippen LogP contribution in [0, 0.1) is 0 Å². The maximum absolute atomic E-state index is 9.24. The number of benzene rings is 2. The number of hydrogen-bond acceptors (Lipinski definition) is 2. The van der Waals surface area contributed by atoms with E-state index in [0.717, 1.165) is 33.7 Å². The molecular formula is C18H15N3O. The first-order valence-electron chi connectivity index (χ1n) is 7.19. The van der Waals surface area contributed by atoms with Crippen molar-refractivity contribution in [2.45, 2.75) is 6.61 Å². The molecule has 0 unspecified atom stereocenters. The second-order valence-electron chi connectivity index (χ2n) is 5.17. The van der Waals surface area contributed by atoms with Crippen molar-refractivity contribution in [2.75, 3.05) is 0 Å². The molecule has 2 aromatic heterocycles. The molecule has 2 aromatic carbocycles. The van der Waals surface area contributed by atoms with Crippen LogP contribution in [0.3, 0.4) is 0 Å². The number of aromatic amines is 1. The molecule has 0 saturated heterocycles. The lowest BCUT2D eigenvalue weighted by molar-refractivity contribution is 0.277. The second-order valence-corrected chi connectivity index (χ2v) is 5.17. The molecule has 4 nitrogen and oxygen atoms in total. The van der Waals surface area contributed by atoms with Gasteiger partial charge in [0.1, 0.15) is 5.69 Å². The van der Waals surface area contributed by atoms with Crippen molar-refractivity contribution in [1.29, 1.82) is 0 Å². The molecule has 4 aromatic rings. The molecule has 0 amide bonds. The van der Waals surface area contributed by atoms with Crippen molar-refractivity contribution < 1.29 is 5.11 Å². The molecule has 2 heterocycles. The Labute approximate surface area is 127 Å². The van der Waals surface area contributed by atoms with Crippen LogP contribution in [-0.2, 0) is 6.61 Å². The van der Waals surface area contributed by atoms with Crippen molar-refractivity contribution in [1.82, 2.24) is 14.8 Å². The number of H-pyrrole nitrogens is 1. The van der Waals surface area contributed by atoms with Gasteiger partial charge in [0.15, 0.2) is 0 Å². The van der Waals surface area contributed by atoms with E-state index in [9.17, 15) is 5.11 Å². The average molecular weight is 289 g/mol. The minimum atomic E-state index is -0.00265. The minimum absolute atomic E-state index is 0.00265. The van der Waals surface area contributed by atoms with Crippen LogP contribution < -0.4 is 0 Å². The van der Waals surface area contributed by atoms with E-state index in [1.54, 1.807) is 0 Å². The van der Waals surface area contributed by atoms with Gasteiger partial charge in [-0.3, -0.25) is 0 Å². The van der Waals surface area contributed by atoms with Crippen molar-refractivity contribution >= 4 is 10.9 Å². The topological polar surface area (TPSA) is 53.8 Å². The highest BCUT2D eigenvalue weighted by Gasteiger charge is 2.14. The average Bonchev–Trinajstić information content (AvgIpc) is 3.20. The number of aromatic nitrogens is 3. The molecule has 0 spiro atoms. The molecule has 0 radical (unpaired) electrons. The van der Waals surface area contributed by atoms with Gasteiger partial charge in [0.05, 0.1) is 23.5 Å². The molecule has 2 N–H and O–H groups in total. The van der Waals surface area contributed by atoms with E-state index in [0.29, 0.717) is 0 Å². The van der Waals surface area contributed by atoms with Gasteiger partial charge >= 0.3 is 0 Å². The zero-order valence-corrected chi connectivity index (χ0v) is 11.9. The SMILES string of the molecule is OCc1ccc(-c2nn(-c3ccccc3)c3ccccc23)[nH]1. The molecule has 22 heavy (non-hydrogen) atoms. The molecular weight excluding hydrogens is 274 g/mol. The van der Waals surface area contributed by atoms with E-state index in [-0.39, 0.29) is 6.61 Å². The summed E-state index contributed by atoms with van der Waals surface area (Å²) in [6.07, 6.45) is 0. The summed E-state index contributed by atoms with van der Waals surface area (Å²) in [4.78, 5) is 3.21. The van der Waals surface area contributed by atoms with Gasteiger partial charge in [0, 0.05) is 11.1 Å². The van der Waals surface area contributed by atoms with Crippen molar-refractivity contribution in [3.05, 3.63) is 72.4 Å². The first-order chi connectivity index (χ1) is 10.9. The molecule has 108 valence electrons. The van der Waals surface area contributed by atoms with Gasteiger partial charge in [-0.05, 0) is 30.3 Å². The van der Waals surface area contributed by atoms with Crippen LogP contribution >= 0.6 is 0 Å². The van der Waals surface area contributed by atoms with E-state index in [1.165, 1.54) is 0 Å². The fourth-order valence-corrected chi connectivity index (χ4v) is 2.70. The van der Waals surface area contributed by atoms with Crippen molar-refractivity contribution in [2.24, 2.45) is 0 Å². The van der Waals surface area contributed by atoms with Crippen LogP contribution in [0.4, 0.5) is 0 Å². The van der Waals surface area contributed by atoms with Gasteiger partial charge < -0.3 is 10.1 Å². The first kappa shape index (κ1) is 12.9. The molecule has 4 rings (SSSR count). The summed E-state index contributed by atoms with van der Waals surface area (Å²) in [5.74, 6) is 0. The number of nitrogens with zero attached hydrogens (tertiary/aromatic N) is 2. The van der Waals surface area contributed by atoms with Crippen LogP contribution in [0.1, 0.15) is 5.69 Å². The Bertz CT molecular complexity index is 922. The quantitative estimate of drug-likeness (QED) is 0.606.